The van der Waals surface area contributed by atoms with Crippen LogP contribution in [0.5, 0.6) is 0 Å². The van der Waals surface area contributed by atoms with E-state index in [-0.39, 0.29) is 22.6 Å². The molecule has 0 radical (unpaired) electrons. The SMILES string of the molecule is O=c1nc2s/c(=C\c3ccccc3Cl)c(=O)n2nc1Cc1ccc(Cl)cc1. The van der Waals surface area contributed by atoms with E-state index in [1.54, 1.807) is 36.4 Å². The maximum Gasteiger partial charge on any atom is 0.296 e. The van der Waals surface area contributed by atoms with Crippen LogP contribution in [-0.4, -0.2) is 14.6 Å². The van der Waals surface area contributed by atoms with E-state index in [9.17, 15) is 9.59 Å². The summed E-state index contributed by atoms with van der Waals surface area (Å²) in [6.07, 6.45) is 1.94. The Morgan fingerprint density at radius 1 is 1.04 bits per heavy atom. The van der Waals surface area contributed by atoms with Gasteiger partial charge in [-0.25, -0.2) is 0 Å². The Morgan fingerprint density at radius 3 is 2.52 bits per heavy atom. The second-order valence-corrected chi connectivity index (χ2v) is 7.65. The van der Waals surface area contributed by atoms with E-state index in [1.165, 1.54) is 4.52 Å². The first-order valence-corrected chi connectivity index (χ1v) is 9.52. The van der Waals surface area contributed by atoms with E-state index in [1.807, 2.05) is 18.2 Å². The average Bonchev–Trinajstić information content (AvgIpc) is 2.94. The highest BCUT2D eigenvalue weighted by Crippen LogP contribution is 2.15. The minimum absolute atomic E-state index is 0.203. The molecule has 5 nitrogen and oxygen atoms in total. The number of thiazole rings is 1. The number of benzene rings is 2. The van der Waals surface area contributed by atoms with E-state index >= 15 is 0 Å². The van der Waals surface area contributed by atoms with Crippen molar-refractivity contribution in [1.82, 2.24) is 14.6 Å². The Balaban J connectivity index is 1.82. The number of hydrogen-bond donors (Lipinski definition) is 0. The van der Waals surface area contributed by atoms with Gasteiger partial charge in [0.05, 0.1) is 4.53 Å². The second kappa shape index (κ2) is 7.23. The summed E-state index contributed by atoms with van der Waals surface area (Å²) in [5.74, 6) is 0. The van der Waals surface area contributed by atoms with E-state index in [4.69, 9.17) is 23.2 Å². The number of fused-ring (bicyclic) bond motifs is 1. The molecular formula is C19H11Cl2N3O2S. The fraction of sp³-hybridized carbons (Fsp3) is 0.0526. The molecule has 0 saturated carbocycles. The van der Waals surface area contributed by atoms with Crippen molar-refractivity contribution in [2.45, 2.75) is 6.42 Å². The van der Waals surface area contributed by atoms with Gasteiger partial charge in [0.15, 0.2) is 0 Å². The lowest BCUT2D eigenvalue weighted by molar-refractivity contribution is 0.811. The van der Waals surface area contributed by atoms with Gasteiger partial charge >= 0.3 is 0 Å². The van der Waals surface area contributed by atoms with E-state index in [2.05, 4.69) is 10.1 Å². The summed E-state index contributed by atoms with van der Waals surface area (Å²) >= 11 is 13.1. The third kappa shape index (κ3) is 3.64. The zero-order chi connectivity index (χ0) is 19.0. The highest BCUT2D eigenvalue weighted by molar-refractivity contribution is 7.15. The fourth-order valence-electron chi connectivity index (χ4n) is 2.58. The molecule has 0 unspecified atom stereocenters. The number of aromatic nitrogens is 3. The van der Waals surface area contributed by atoms with Gasteiger partial charge in [0.2, 0.25) is 4.96 Å². The second-order valence-electron chi connectivity index (χ2n) is 5.80. The predicted octanol–water partition coefficient (Wildman–Crippen LogP) is 2.96. The fourth-order valence-corrected chi connectivity index (χ4v) is 3.79. The molecule has 8 heteroatoms. The minimum atomic E-state index is -0.449. The topological polar surface area (TPSA) is 64.3 Å². The predicted molar refractivity (Wildman–Crippen MR) is 108 cm³/mol. The molecule has 0 aliphatic carbocycles. The van der Waals surface area contributed by atoms with E-state index in [0.717, 1.165) is 16.9 Å². The molecule has 134 valence electrons. The first kappa shape index (κ1) is 17.9. The van der Waals surface area contributed by atoms with Gasteiger partial charge in [-0.3, -0.25) is 9.59 Å². The van der Waals surface area contributed by atoms with Crippen molar-refractivity contribution in [1.29, 1.82) is 0 Å². The molecular weight excluding hydrogens is 405 g/mol. The molecule has 0 fully saturated rings. The summed E-state index contributed by atoms with van der Waals surface area (Å²) in [7, 11) is 0. The van der Waals surface area contributed by atoms with Crippen molar-refractivity contribution >= 4 is 45.6 Å². The quantitative estimate of drug-likeness (QED) is 0.515. The van der Waals surface area contributed by atoms with Gasteiger partial charge in [-0.2, -0.15) is 14.6 Å². The Kier molecular flexibility index (Phi) is 4.78. The van der Waals surface area contributed by atoms with Crippen LogP contribution in [0.2, 0.25) is 10.0 Å². The lowest BCUT2D eigenvalue weighted by atomic mass is 10.1. The van der Waals surface area contributed by atoms with Crippen LogP contribution in [0, 0.1) is 0 Å². The molecule has 0 bridgehead atoms. The summed E-state index contributed by atoms with van der Waals surface area (Å²) in [5.41, 5.74) is 0.993. The first-order valence-electron chi connectivity index (χ1n) is 7.95. The van der Waals surface area contributed by atoms with Gasteiger partial charge in [0.25, 0.3) is 11.1 Å². The smallest absolute Gasteiger partial charge is 0.266 e. The highest BCUT2D eigenvalue weighted by atomic mass is 35.5. The Bertz CT molecular complexity index is 1310. The standard InChI is InChI=1S/C19H11Cl2N3O2S/c20-13-7-5-11(6-8-13)9-15-17(25)22-19-24(23-15)18(26)16(27-19)10-12-3-1-2-4-14(12)21/h1-8,10H,9H2/b16-10-. The number of halogens is 2. The molecule has 27 heavy (non-hydrogen) atoms. The van der Waals surface area contributed by atoms with Gasteiger partial charge in [-0.15, -0.1) is 0 Å². The number of nitrogens with zero attached hydrogens (tertiary/aromatic N) is 3. The lowest BCUT2D eigenvalue weighted by Crippen LogP contribution is -2.28. The highest BCUT2D eigenvalue weighted by Gasteiger charge is 2.12. The lowest BCUT2D eigenvalue weighted by Gasteiger charge is -2.00. The molecule has 0 amide bonds. The van der Waals surface area contributed by atoms with Crippen LogP contribution in [0.25, 0.3) is 11.0 Å². The van der Waals surface area contributed by atoms with Gasteiger partial charge in [-0.1, -0.05) is 64.9 Å². The molecule has 2 heterocycles. The summed E-state index contributed by atoms with van der Waals surface area (Å²) in [6, 6.07) is 14.3. The van der Waals surface area contributed by atoms with Crippen molar-refractivity contribution < 1.29 is 0 Å². The van der Waals surface area contributed by atoms with E-state index < -0.39 is 5.56 Å². The van der Waals surface area contributed by atoms with Crippen molar-refractivity contribution in [2.75, 3.05) is 0 Å². The van der Waals surface area contributed by atoms with E-state index in [0.29, 0.717) is 20.1 Å². The Hall–Kier alpha value is -2.54. The summed E-state index contributed by atoms with van der Waals surface area (Å²) < 4.78 is 1.58. The van der Waals surface area contributed by atoms with Crippen LogP contribution in [0.1, 0.15) is 16.8 Å². The minimum Gasteiger partial charge on any atom is -0.266 e. The molecule has 0 saturated heterocycles. The van der Waals surface area contributed by atoms with Crippen LogP contribution >= 0.6 is 34.5 Å². The molecule has 0 N–H and O–H groups in total. The maximum atomic E-state index is 12.7. The van der Waals surface area contributed by atoms with Gasteiger partial charge < -0.3 is 0 Å². The zero-order valence-electron chi connectivity index (χ0n) is 13.7. The first-order chi connectivity index (χ1) is 13.0. The molecule has 4 rings (SSSR count). The van der Waals surface area contributed by atoms with Crippen molar-refractivity contribution in [3.8, 4) is 0 Å². The number of rotatable bonds is 3. The average molecular weight is 416 g/mol. The largest absolute Gasteiger partial charge is 0.296 e. The monoisotopic (exact) mass is 415 g/mol. The molecule has 2 aromatic carbocycles. The summed E-state index contributed by atoms with van der Waals surface area (Å²) in [6.45, 7) is 0. The van der Waals surface area contributed by atoms with Crippen molar-refractivity contribution in [3.05, 3.63) is 101 Å². The van der Waals surface area contributed by atoms with Gasteiger partial charge in [0, 0.05) is 16.5 Å². The van der Waals surface area contributed by atoms with Gasteiger partial charge in [-0.05, 0) is 35.4 Å². The molecule has 0 aliphatic heterocycles. The molecule has 0 spiro atoms. The zero-order valence-corrected chi connectivity index (χ0v) is 16.1. The Labute approximate surface area is 167 Å². The summed E-state index contributed by atoms with van der Waals surface area (Å²) in [5, 5.41) is 5.37. The normalized spacial score (nSPS) is 12.0. The summed E-state index contributed by atoms with van der Waals surface area (Å²) in [4.78, 5) is 29.3. The maximum absolute atomic E-state index is 12.7. The van der Waals surface area contributed by atoms with Crippen molar-refractivity contribution in [2.24, 2.45) is 0 Å². The van der Waals surface area contributed by atoms with Crippen molar-refractivity contribution in [3.63, 3.8) is 0 Å². The molecule has 4 aromatic rings. The van der Waals surface area contributed by atoms with Crippen LogP contribution in [-0.2, 0) is 6.42 Å². The number of hydrogen-bond acceptors (Lipinski definition) is 5. The van der Waals surface area contributed by atoms with Gasteiger partial charge in [0.1, 0.15) is 5.69 Å². The van der Waals surface area contributed by atoms with Crippen LogP contribution in [0.15, 0.2) is 58.1 Å². The molecule has 0 aliphatic rings. The Morgan fingerprint density at radius 2 is 1.78 bits per heavy atom. The van der Waals surface area contributed by atoms with Crippen LogP contribution < -0.4 is 15.7 Å². The van der Waals surface area contributed by atoms with Crippen LogP contribution in [0.3, 0.4) is 0 Å². The third-order valence-corrected chi connectivity index (χ3v) is 5.48. The molecule has 0 atom stereocenters. The van der Waals surface area contributed by atoms with Crippen LogP contribution in [0.4, 0.5) is 0 Å². The molecule has 2 aromatic heterocycles. The third-order valence-electron chi connectivity index (χ3n) is 3.93.